The molecule has 7 heteroatoms. The van der Waals surface area contributed by atoms with Crippen molar-refractivity contribution < 1.29 is 4.79 Å². The molecule has 1 aliphatic carbocycles. The Balaban J connectivity index is 1.69. The molecular weight excluding hydrogens is 449 g/mol. The lowest BCUT2D eigenvalue weighted by molar-refractivity contribution is -0.117. The quantitative estimate of drug-likeness (QED) is 0.487. The maximum atomic E-state index is 12.8. The Labute approximate surface area is 198 Å². The highest BCUT2D eigenvalue weighted by Crippen LogP contribution is 2.35. The fourth-order valence-electron chi connectivity index (χ4n) is 4.34. The number of nitrogens with zero attached hydrogens (tertiary/aromatic N) is 3. The maximum Gasteiger partial charge on any atom is 0.225 e. The second-order valence-electron chi connectivity index (χ2n) is 8.13. The van der Waals surface area contributed by atoms with Gasteiger partial charge in [-0.1, -0.05) is 84.6 Å². The van der Waals surface area contributed by atoms with Gasteiger partial charge in [-0.3, -0.25) is 14.7 Å². The summed E-state index contributed by atoms with van der Waals surface area (Å²) in [6.07, 6.45) is 5.93. The summed E-state index contributed by atoms with van der Waals surface area (Å²) in [7, 11) is 0. The standard InChI is InChI=1S/C24H27Cl2N3OS/c1-17(30)29(22-13-19(25)12-20(26)14-22)23-16-31-24(27-21-10-6-3-7-11-21)28(23)15-18-8-4-2-5-9-18/h2,4-5,8-9,12-14,21,23H,3,6-7,10-11,15-16H2,1H3. The minimum Gasteiger partial charge on any atom is -0.325 e. The molecule has 4 nitrogen and oxygen atoms in total. The van der Waals surface area contributed by atoms with E-state index in [9.17, 15) is 4.79 Å². The van der Waals surface area contributed by atoms with Crippen LogP contribution in [0.15, 0.2) is 53.5 Å². The molecule has 0 aromatic heterocycles. The highest BCUT2D eigenvalue weighted by atomic mass is 35.5. The van der Waals surface area contributed by atoms with E-state index in [0.29, 0.717) is 28.3 Å². The number of rotatable bonds is 5. The summed E-state index contributed by atoms with van der Waals surface area (Å²) in [6, 6.07) is 16.0. The van der Waals surface area contributed by atoms with E-state index in [-0.39, 0.29) is 12.1 Å². The molecule has 1 unspecified atom stereocenters. The third kappa shape index (κ3) is 5.57. The normalized spacial score (nSPS) is 20.9. The molecule has 1 heterocycles. The molecule has 4 rings (SSSR count). The number of thioether (sulfide) groups is 1. The SMILES string of the molecule is CC(=O)N(c1cc(Cl)cc(Cl)c1)C1CSC(=NC2CCCCC2)N1Cc1ccccc1. The minimum atomic E-state index is -0.153. The largest absolute Gasteiger partial charge is 0.325 e. The topological polar surface area (TPSA) is 35.9 Å². The van der Waals surface area contributed by atoms with Gasteiger partial charge in [0.2, 0.25) is 5.91 Å². The first-order valence-electron chi connectivity index (χ1n) is 10.8. The summed E-state index contributed by atoms with van der Waals surface area (Å²) in [4.78, 5) is 22.0. The number of amidine groups is 1. The molecule has 2 fully saturated rings. The van der Waals surface area contributed by atoms with Crippen LogP contribution >= 0.6 is 35.0 Å². The average molecular weight is 476 g/mol. The minimum absolute atomic E-state index is 0.0408. The van der Waals surface area contributed by atoms with Crippen LogP contribution in [0.5, 0.6) is 0 Å². The number of carbonyl (C=O) groups is 1. The molecule has 164 valence electrons. The van der Waals surface area contributed by atoms with Crippen molar-refractivity contribution in [1.82, 2.24) is 4.90 Å². The average Bonchev–Trinajstić information content (AvgIpc) is 3.10. The fraction of sp³-hybridized carbons (Fsp3) is 0.417. The second kappa shape index (κ2) is 10.3. The van der Waals surface area contributed by atoms with Gasteiger partial charge in [0, 0.05) is 35.0 Å². The lowest BCUT2D eigenvalue weighted by Crippen LogP contribution is -2.49. The van der Waals surface area contributed by atoms with Gasteiger partial charge in [0.25, 0.3) is 0 Å². The van der Waals surface area contributed by atoms with Gasteiger partial charge in [-0.25, -0.2) is 0 Å². The van der Waals surface area contributed by atoms with Crippen molar-refractivity contribution in [2.24, 2.45) is 4.99 Å². The van der Waals surface area contributed by atoms with Crippen molar-refractivity contribution in [3.05, 3.63) is 64.1 Å². The molecule has 1 amide bonds. The molecule has 1 saturated heterocycles. The van der Waals surface area contributed by atoms with E-state index in [1.165, 1.54) is 24.8 Å². The maximum absolute atomic E-state index is 12.8. The highest BCUT2D eigenvalue weighted by molar-refractivity contribution is 8.14. The molecule has 2 aromatic rings. The van der Waals surface area contributed by atoms with Crippen molar-refractivity contribution >= 4 is 51.7 Å². The molecule has 0 radical (unpaired) electrons. The van der Waals surface area contributed by atoms with Gasteiger partial charge < -0.3 is 4.90 Å². The molecule has 2 aromatic carbocycles. The first-order chi connectivity index (χ1) is 15.0. The number of benzene rings is 2. The van der Waals surface area contributed by atoms with Gasteiger partial charge in [0.1, 0.15) is 6.17 Å². The summed E-state index contributed by atoms with van der Waals surface area (Å²) in [5, 5.41) is 2.07. The Morgan fingerprint density at radius 1 is 1.10 bits per heavy atom. The van der Waals surface area contributed by atoms with Gasteiger partial charge in [-0.2, -0.15) is 0 Å². The van der Waals surface area contributed by atoms with Gasteiger partial charge in [-0.15, -0.1) is 0 Å². The van der Waals surface area contributed by atoms with Gasteiger partial charge in [0.05, 0.1) is 6.04 Å². The Bertz CT molecular complexity index is 927. The van der Waals surface area contributed by atoms with E-state index in [2.05, 4.69) is 17.0 Å². The first kappa shape index (κ1) is 22.5. The number of aliphatic imine (C=N–C) groups is 1. The molecule has 1 atom stereocenters. The first-order valence-corrected chi connectivity index (χ1v) is 12.5. The Kier molecular flexibility index (Phi) is 7.47. The van der Waals surface area contributed by atoms with Crippen LogP contribution in [0.1, 0.15) is 44.6 Å². The number of carbonyl (C=O) groups excluding carboxylic acids is 1. The van der Waals surface area contributed by atoms with Gasteiger partial charge in [-0.05, 0) is 36.6 Å². The van der Waals surface area contributed by atoms with Crippen LogP contribution in [0.2, 0.25) is 10.0 Å². The van der Waals surface area contributed by atoms with Crippen molar-refractivity contribution in [2.45, 2.75) is 57.8 Å². The van der Waals surface area contributed by atoms with Crippen LogP contribution in [0.4, 0.5) is 5.69 Å². The number of amides is 1. The summed E-state index contributed by atoms with van der Waals surface area (Å²) in [5.74, 6) is 0.711. The zero-order valence-corrected chi connectivity index (χ0v) is 20.0. The van der Waals surface area contributed by atoms with Crippen LogP contribution in [0.25, 0.3) is 0 Å². The molecule has 0 bridgehead atoms. The molecular formula is C24H27Cl2N3OS. The Hall–Kier alpha value is -1.69. The number of hydrogen-bond donors (Lipinski definition) is 0. The molecule has 1 saturated carbocycles. The molecule has 0 N–H and O–H groups in total. The lowest BCUT2D eigenvalue weighted by Gasteiger charge is -2.35. The van der Waals surface area contributed by atoms with Crippen LogP contribution in [-0.4, -0.2) is 33.9 Å². The van der Waals surface area contributed by atoms with E-state index < -0.39 is 0 Å². The molecule has 1 aliphatic heterocycles. The Morgan fingerprint density at radius 3 is 2.42 bits per heavy atom. The summed E-state index contributed by atoms with van der Waals surface area (Å²) in [6.45, 7) is 2.29. The smallest absolute Gasteiger partial charge is 0.225 e. The van der Waals surface area contributed by atoms with Crippen LogP contribution < -0.4 is 4.90 Å². The third-order valence-corrected chi connectivity index (χ3v) is 7.29. The molecule has 2 aliphatic rings. The van der Waals surface area contributed by atoms with E-state index >= 15 is 0 Å². The van der Waals surface area contributed by atoms with Crippen molar-refractivity contribution in [3.63, 3.8) is 0 Å². The Morgan fingerprint density at radius 2 is 1.77 bits per heavy atom. The van der Waals surface area contributed by atoms with E-state index in [1.54, 1.807) is 41.8 Å². The molecule has 0 spiro atoms. The van der Waals surface area contributed by atoms with Crippen LogP contribution in [-0.2, 0) is 11.3 Å². The van der Waals surface area contributed by atoms with Crippen LogP contribution in [0.3, 0.4) is 0 Å². The van der Waals surface area contributed by atoms with Gasteiger partial charge >= 0.3 is 0 Å². The summed E-state index contributed by atoms with van der Waals surface area (Å²) >= 11 is 14.3. The summed E-state index contributed by atoms with van der Waals surface area (Å²) < 4.78 is 0. The van der Waals surface area contributed by atoms with Crippen LogP contribution in [0, 0.1) is 0 Å². The number of hydrogen-bond acceptors (Lipinski definition) is 3. The second-order valence-corrected chi connectivity index (χ2v) is 9.99. The third-order valence-electron chi connectivity index (χ3n) is 5.79. The lowest BCUT2D eigenvalue weighted by atomic mass is 9.96. The monoisotopic (exact) mass is 475 g/mol. The summed E-state index contributed by atoms with van der Waals surface area (Å²) in [5.41, 5.74) is 1.91. The molecule has 31 heavy (non-hydrogen) atoms. The zero-order chi connectivity index (χ0) is 21.8. The van der Waals surface area contributed by atoms with Crippen molar-refractivity contribution in [2.75, 3.05) is 10.7 Å². The van der Waals surface area contributed by atoms with Crippen molar-refractivity contribution in [3.8, 4) is 0 Å². The fourth-order valence-corrected chi connectivity index (χ4v) is 6.05. The number of anilines is 1. The number of halogens is 2. The van der Waals surface area contributed by atoms with Gasteiger partial charge in [0.15, 0.2) is 5.17 Å². The van der Waals surface area contributed by atoms with E-state index in [4.69, 9.17) is 28.2 Å². The predicted octanol–water partition coefficient (Wildman–Crippen LogP) is 6.61. The zero-order valence-electron chi connectivity index (χ0n) is 17.6. The van der Waals surface area contributed by atoms with Crippen molar-refractivity contribution in [1.29, 1.82) is 0 Å². The highest BCUT2D eigenvalue weighted by Gasteiger charge is 2.37. The predicted molar refractivity (Wildman–Crippen MR) is 132 cm³/mol. The van der Waals surface area contributed by atoms with E-state index in [1.807, 2.05) is 18.2 Å². The van der Waals surface area contributed by atoms with E-state index in [0.717, 1.165) is 23.8 Å².